The van der Waals surface area contributed by atoms with Crippen LogP contribution in [0.15, 0.2) is 23.3 Å². The van der Waals surface area contributed by atoms with Crippen molar-refractivity contribution >= 4 is 68.3 Å². The highest BCUT2D eigenvalue weighted by Gasteiger charge is 2.16. The van der Waals surface area contributed by atoms with Gasteiger partial charge in [0.05, 0.1) is 15.7 Å². The first-order valence-corrected chi connectivity index (χ1v) is 5.61. The van der Waals surface area contributed by atoms with Crippen LogP contribution in [0.3, 0.4) is 0 Å². The van der Waals surface area contributed by atoms with Crippen molar-refractivity contribution in [3.8, 4) is 0 Å². The van der Waals surface area contributed by atoms with Crippen LogP contribution in [0.25, 0.3) is 0 Å². The third-order valence-corrected chi connectivity index (χ3v) is 2.69. The smallest absolute Gasteiger partial charge is 0.277 e. The first-order chi connectivity index (χ1) is 7.91. The number of anilines is 1. The lowest BCUT2D eigenvalue weighted by atomic mass is 10.3. The van der Waals surface area contributed by atoms with Gasteiger partial charge >= 0.3 is 0 Å². The molecule has 4 nitrogen and oxygen atoms in total. The van der Waals surface area contributed by atoms with Gasteiger partial charge in [-0.15, -0.1) is 0 Å². The number of carbonyl (C=O) groups is 2. The Balaban J connectivity index is 2.91. The van der Waals surface area contributed by atoms with Crippen molar-refractivity contribution in [3.63, 3.8) is 0 Å². The van der Waals surface area contributed by atoms with Crippen LogP contribution < -0.4 is 5.43 Å². The Kier molecular flexibility index (Phi) is 5.21. The molecule has 90 valence electrons. The molecule has 0 saturated carbocycles. The molecular weight excluding hydrogens is 310 g/mol. The number of hydrogen-bond acceptors (Lipinski definition) is 4. The molecule has 1 aromatic carbocycles. The predicted molar refractivity (Wildman–Crippen MR) is 69.2 cm³/mol. The molecule has 1 N–H and O–H groups in total. The van der Waals surface area contributed by atoms with E-state index in [0.717, 1.165) is 0 Å². The molecule has 1 aromatic rings. The molecule has 0 aromatic heterocycles. The molecule has 0 saturated heterocycles. The highest BCUT2D eigenvalue weighted by Crippen LogP contribution is 2.24. The molecule has 0 aliphatic carbocycles. The Morgan fingerprint density at radius 3 is 2.12 bits per heavy atom. The van der Waals surface area contributed by atoms with Crippen LogP contribution in [0, 0.1) is 0 Å². The second-order valence-corrected chi connectivity index (χ2v) is 4.25. The molecule has 0 amide bonds. The van der Waals surface area contributed by atoms with Crippen molar-refractivity contribution in [2.75, 3.05) is 5.43 Å². The zero-order chi connectivity index (χ0) is 13.0. The normalized spacial score (nSPS) is 9.65. The number of hydrogen-bond donors (Lipinski definition) is 1. The molecular formula is C9H4Cl4N2O2. The van der Waals surface area contributed by atoms with E-state index < -0.39 is 16.2 Å². The maximum Gasteiger partial charge on any atom is 0.277 e. The monoisotopic (exact) mass is 312 g/mol. The summed E-state index contributed by atoms with van der Waals surface area (Å²) >= 11 is 21.6. The summed E-state index contributed by atoms with van der Waals surface area (Å²) in [7, 11) is 0. The van der Waals surface area contributed by atoms with Gasteiger partial charge in [0.15, 0.2) is 0 Å². The number of nitrogens with one attached hydrogen (secondary N) is 1. The third kappa shape index (κ3) is 4.16. The van der Waals surface area contributed by atoms with E-state index in [4.69, 9.17) is 46.4 Å². The van der Waals surface area contributed by atoms with E-state index in [1.54, 1.807) is 6.07 Å². The summed E-state index contributed by atoms with van der Waals surface area (Å²) in [6, 6.07) is 4.53. The van der Waals surface area contributed by atoms with Crippen LogP contribution in [0.1, 0.15) is 0 Å². The molecule has 0 aliphatic rings. The zero-order valence-electron chi connectivity index (χ0n) is 8.01. The lowest BCUT2D eigenvalue weighted by Crippen LogP contribution is -2.17. The Morgan fingerprint density at radius 2 is 1.65 bits per heavy atom. The van der Waals surface area contributed by atoms with E-state index in [1.807, 2.05) is 0 Å². The minimum Gasteiger partial charge on any atom is -0.278 e. The van der Waals surface area contributed by atoms with E-state index in [9.17, 15) is 9.59 Å². The summed E-state index contributed by atoms with van der Waals surface area (Å²) in [5, 5.41) is 2.01. The first kappa shape index (κ1) is 14.3. The van der Waals surface area contributed by atoms with E-state index in [0.29, 0.717) is 15.7 Å². The molecule has 0 bridgehead atoms. The molecule has 0 spiro atoms. The van der Waals surface area contributed by atoms with E-state index >= 15 is 0 Å². The van der Waals surface area contributed by atoms with Crippen molar-refractivity contribution < 1.29 is 9.59 Å². The van der Waals surface area contributed by atoms with Crippen molar-refractivity contribution in [1.82, 2.24) is 0 Å². The average molecular weight is 314 g/mol. The maximum absolute atomic E-state index is 10.8. The number of hydrazone groups is 1. The van der Waals surface area contributed by atoms with Crippen molar-refractivity contribution in [3.05, 3.63) is 28.2 Å². The second-order valence-electron chi connectivity index (χ2n) is 2.75. The van der Waals surface area contributed by atoms with Crippen LogP contribution in [-0.2, 0) is 9.59 Å². The van der Waals surface area contributed by atoms with Crippen molar-refractivity contribution in [2.24, 2.45) is 5.10 Å². The molecule has 0 atom stereocenters. The topological polar surface area (TPSA) is 58.5 Å². The van der Waals surface area contributed by atoms with Gasteiger partial charge in [-0.2, -0.15) is 5.10 Å². The van der Waals surface area contributed by atoms with Gasteiger partial charge in [0.25, 0.3) is 10.5 Å². The average Bonchev–Trinajstić information content (AvgIpc) is 2.22. The largest absolute Gasteiger partial charge is 0.278 e. The molecule has 1 rings (SSSR count). The summed E-state index contributed by atoms with van der Waals surface area (Å²) in [5.41, 5.74) is 2.22. The Labute approximate surface area is 116 Å². The number of benzene rings is 1. The fourth-order valence-corrected chi connectivity index (χ4v) is 1.45. The number of halogens is 4. The number of carbonyl (C=O) groups excluding carboxylic acids is 2. The molecule has 0 unspecified atom stereocenters. The summed E-state index contributed by atoms with van der Waals surface area (Å²) in [6.07, 6.45) is 0. The summed E-state index contributed by atoms with van der Waals surface area (Å²) in [6.45, 7) is 0. The lowest BCUT2D eigenvalue weighted by Gasteiger charge is -2.02. The Morgan fingerprint density at radius 1 is 1.06 bits per heavy atom. The standard InChI is InChI=1S/C9H4Cl4N2O2/c10-5-2-1-4(3-6(5)11)14-15-7(8(12)16)9(13)17/h1-3,14H. The van der Waals surface area contributed by atoms with Crippen LogP contribution in [-0.4, -0.2) is 16.2 Å². The maximum atomic E-state index is 10.8. The summed E-state index contributed by atoms with van der Waals surface area (Å²) in [5.74, 6) is 0. The SMILES string of the molecule is O=C(Cl)C(=NNc1ccc(Cl)c(Cl)c1)C(=O)Cl. The van der Waals surface area contributed by atoms with Crippen LogP contribution in [0.2, 0.25) is 10.0 Å². The zero-order valence-corrected chi connectivity index (χ0v) is 11.0. The lowest BCUT2D eigenvalue weighted by molar-refractivity contribution is -0.109. The second kappa shape index (κ2) is 6.21. The molecule has 17 heavy (non-hydrogen) atoms. The number of nitrogens with zero attached hydrogens (tertiary/aromatic N) is 1. The van der Waals surface area contributed by atoms with Gasteiger partial charge in [-0.25, -0.2) is 0 Å². The highest BCUT2D eigenvalue weighted by atomic mass is 35.5. The fourth-order valence-electron chi connectivity index (χ4n) is 0.851. The van der Waals surface area contributed by atoms with Gasteiger partial charge in [0, 0.05) is 0 Å². The summed E-state index contributed by atoms with van der Waals surface area (Å²) < 4.78 is 0. The van der Waals surface area contributed by atoms with Gasteiger partial charge in [-0.05, 0) is 41.4 Å². The Bertz CT molecular complexity index is 486. The van der Waals surface area contributed by atoms with Gasteiger partial charge in [-0.3, -0.25) is 15.0 Å². The molecule has 0 heterocycles. The van der Waals surface area contributed by atoms with Crippen molar-refractivity contribution in [2.45, 2.75) is 0 Å². The van der Waals surface area contributed by atoms with E-state index in [-0.39, 0.29) is 0 Å². The van der Waals surface area contributed by atoms with Crippen LogP contribution >= 0.6 is 46.4 Å². The van der Waals surface area contributed by atoms with E-state index in [1.165, 1.54) is 12.1 Å². The fraction of sp³-hybridized carbons (Fsp3) is 0. The molecule has 0 fully saturated rings. The quantitative estimate of drug-likeness (QED) is 0.401. The first-order valence-electron chi connectivity index (χ1n) is 4.10. The Hall–Kier alpha value is -0.810. The third-order valence-electron chi connectivity index (χ3n) is 1.59. The minimum atomic E-state index is -1.06. The van der Waals surface area contributed by atoms with Gasteiger partial charge in [0.2, 0.25) is 5.71 Å². The highest BCUT2D eigenvalue weighted by molar-refractivity contribution is 7.01. The minimum absolute atomic E-state index is 0.294. The predicted octanol–water partition coefficient (Wildman–Crippen LogP) is 3.29. The van der Waals surface area contributed by atoms with Gasteiger partial charge < -0.3 is 0 Å². The van der Waals surface area contributed by atoms with E-state index in [2.05, 4.69) is 10.5 Å². The summed E-state index contributed by atoms with van der Waals surface area (Å²) in [4.78, 5) is 21.5. The molecule has 0 aliphatic heterocycles. The van der Waals surface area contributed by atoms with Crippen molar-refractivity contribution in [1.29, 1.82) is 0 Å². The van der Waals surface area contributed by atoms with Gasteiger partial charge in [-0.1, -0.05) is 23.2 Å². The van der Waals surface area contributed by atoms with Gasteiger partial charge in [0.1, 0.15) is 0 Å². The van der Waals surface area contributed by atoms with Crippen LogP contribution in [0.5, 0.6) is 0 Å². The number of rotatable bonds is 4. The molecule has 8 heteroatoms. The van der Waals surface area contributed by atoms with Crippen LogP contribution in [0.4, 0.5) is 5.69 Å². The molecule has 0 radical (unpaired) electrons.